The normalized spacial score (nSPS) is 15.3. The lowest BCUT2D eigenvalue weighted by molar-refractivity contribution is 0.669. The predicted molar refractivity (Wildman–Crippen MR) is 202 cm³/mol. The number of hydrogen-bond acceptors (Lipinski definition) is 3. The average molecular weight is 637 g/mol. The first-order valence-corrected chi connectivity index (χ1v) is 17.1. The van der Waals surface area contributed by atoms with E-state index in [9.17, 15) is 0 Å². The summed E-state index contributed by atoms with van der Waals surface area (Å²) in [5.41, 5.74) is 16.2. The van der Waals surface area contributed by atoms with Crippen LogP contribution in [0.15, 0.2) is 174 Å². The highest BCUT2D eigenvalue weighted by Gasteiger charge is 2.52. The maximum absolute atomic E-state index is 6.71. The second-order valence-electron chi connectivity index (χ2n) is 13.3. The molecule has 0 saturated carbocycles. The van der Waals surface area contributed by atoms with Crippen LogP contribution in [-0.4, -0.2) is 9.97 Å². The van der Waals surface area contributed by atoms with E-state index in [1.807, 2.05) is 18.2 Å². The average Bonchev–Trinajstić information content (AvgIpc) is 3.82. The molecule has 3 heteroatoms. The molecule has 1 atom stereocenters. The van der Waals surface area contributed by atoms with Crippen LogP contribution in [0.25, 0.3) is 78.1 Å². The Balaban J connectivity index is 1.21. The Kier molecular flexibility index (Phi) is 5.59. The Bertz CT molecular complexity index is 2760. The summed E-state index contributed by atoms with van der Waals surface area (Å²) in [7, 11) is 0. The SMILES string of the molecule is c1ccc(-c2cc(-c3ccccc3)nc(-c3ccc4c(c3)C3(c5ccccc5-4)c4ccccc4-c4c3ccc3c4oc4ccccc43)n2)cc1. The molecule has 1 unspecified atom stereocenters. The van der Waals surface area contributed by atoms with Crippen molar-refractivity contribution in [3.8, 4) is 56.2 Å². The van der Waals surface area contributed by atoms with Crippen molar-refractivity contribution in [2.24, 2.45) is 0 Å². The third-order valence-electron chi connectivity index (χ3n) is 10.7. The summed E-state index contributed by atoms with van der Waals surface area (Å²) in [6.07, 6.45) is 0. The predicted octanol–water partition coefficient (Wildman–Crippen LogP) is 11.7. The van der Waals surface area contributed by atoms with Gasteiger partial charge in [0.05, 0.1) is 16.8 Å². The molecule has 11 rings (SSSR count). The standard InChI is InChI=1S/C47H28N2O/c1-3-13-29(14-4-1)41-28-42(30-15-5-2-6-16-30)49-46(48-41)31-23-24-33-32-17-7-10-20-37(32)47(40(33)27-31)38-21-11-8-19-36(38)44-39(47)26-25-35-34-18-9-12-22-43(34)50-45(35)44/h1-28H. The van der Waals surface area contributed by atoms with Crippen molar-refractivity contribution in [2.75, 3.05) is 0 Å². The molecule has 0 saturated heterocycles. The van der Waals surface area contributed by atoms with Crippen LogP contribution < -0.4 is 0 Å². The van der Waals surface area contributed by atoms with E-state index >= 15 is 0 Å². The van der Waals surface area contributed by atoms with Gasteiger partial charge in [-0.15, -0.1) is 0 Å². The van der Waals surface area contributed by atoms with Crippen LogP contribution in [-0.2, 0) is 5.41 Å². The van der Waals surface area contributed by atoms with Gasteiger partial charge in [-0.25, -0.2) is 9.97 Å². The van der Waals surface area contributed by atoms with Gasteiger partial charge in [0.25, 0.3) is 0 Å². The molecular formula is C47H28N2O. The molecule has 2 aliphatic carbocycles. The fourth-order valence-corrected chi connectivity index (χ4v) is 8.63. The van der Waals surface area contributed by atoms with Crippen LogP contribution in [0.5, 0.6) is 0 Å². The smallest absolute Gasteiger partial charge is 0.160 e. The van der Waals surface area contributed by atoms with E-state index in [4.69, 9.17) is 14.4 Å². The zero-order valence-electron chi connectivity index (χ0n) is 27.0. The molecule has 232 valence electrons. The summed E-state index contributed by atoms with van der Waals surface area (Å²) in [4.78, 5) is 10.4. The van der Waals surface area contributed by atoms with Crippen molar-refractivity contribution in [2.45, 2.75) is 5.41 Å². The van der Waals surface area contributed by atoms with Crippen LogP contribution in [0.4, 0.5) is 0 Å². The first-order chi connectivity index (χ1) is 24.8. The van der Waals surface area contributed by atoms with E-state index in [1.165, 1.54) is 44.5 Å². The number of benzene rings is 7. The van der Waals surface area contributed by atoms with Crippen molar-refractivity contribution in [3.05, 3.63) is 192 Å². The van der Waals surface area contributed by atoms with Gasteiger partial charge >= 0.3 is 0 Å². The molecule has 7 aromatic carbocycles. The summed E-state index contributed by atoms with van der Waals surface area (Å²) in [6, 6.07) is 60.4. The van der Waals surface area contributed by atoms with Gasteiger partial charge in [-0.3, -0.25) is 0 Å². The molecule has 0 amide bonds. The molecule has 0 N–H and O–H groups in total. The molecule has 0 bridgehead atoms. The van der Waals surface area contributed by atoms with E-state index in [0.717, 1.165) is 50.0 Å². The third kappa shape index (κ3) is 3.64. The van der Waals surface area contributed by atoms with Crippen LogP contribution in [0.3, 0.4) is 0 Å². The summed E-state index contributed by atoms with van der Waals surface area (Å²) < 4.78 is 6.71. The van der Waals surface area contributed by atoms with Gasteiger partial charge in [-0.1, -0.05) is 152 Å². The van der Waals surface area contributed by atoms with E-state index < -0.39 is 5.41 Å². The number of furan rings is 1. The number of hydrogen-bond donors (Lipinski definition) is 0. The fraction of sp³-hybridized carbons (Fsp3) is 0.0213. The Labute approximate surface area is 289 Å². The van der Waals surface area contributed by atoms with E-state index in [1.54, 1.807) is 0 Å². The summed E-state index contributed by atoms with van der Waals surface area (Å²) in [5.74, 6) is 0.707. The highest BCUT2D eigenvalue weighted by molar-refractivity contribution is 6.13. The second kappa shape index (κ2) is 10.2. The summed E-state index contributed by atoms with van der Waals surface area (Å²) in [5, 5.41) is 2.29. The molecule has 9 aromatic rings. The maximum atomic E-state index is 6.71. The van der Waals surface area contributed by atoms with Gasteiger partial charge < -0.3 is 4.42 Å². The monoisotopic (exact) mass is 636 g/mol. The van der Waals surface area contributed by atoms with E-state index in [2.05, 4.69) is 152 Å². The van der Waals surface area contributed by atoms with Crippen LogP contribution in [0.1, 0.15) is 22.3 Å². The minimum Gasteiger partial charge on any atom is -0.455 e. The molecule has 50 heavy (non-hydrogen) atoms. The zero-order valence-corrected chi connectivity index (χ0v) is 27.0. The molecule has 2 heterocycles. The lowest BCUT2D eigenvalue weighted by Gasteiger charge is -2.30. The number of nitrogens with zero attached hydrogens (tertiary/aromatic N) is 2. The Morgan fingerprint density at radius 2 is 1.00 bits per heavy atom. The van der Waals surface area contributed by atoms with Crippen molar-refractivity contribution in [1.29, 1.82) is 0 Å². The van der Waals surface area contributed by atoms with Crippen molar-refractivity contribution in [3.63, 3.8) is 0 Å². The number of aromatic nitrogens is 2. The van der Waals surface area contributed by atoms with Gasteiger partial charge in [0.15, 0.2) is 5.82 Å². The second-order valence-corrected chi connectivity index (χ2v) is 13.3. The molecule has 2 aromatic heterocycles. The number of fused-ring (bicyclic) bond motifs is 14. The van der Waals surface area contributed by atoms with Gasteiger partial charge in [0, 0.05) is 33.0 Å². The molecule has 2 aliphatic rings. The quantitative estimate of drug-likeness (QED) is 0.194. The maximum Gasteiger partial charge on any atom is 0.160 e. The van der Waals surface area contributed by atoms with Crippen LogP contribution in [0, 0.1) is 0 Å². The topological polar surface area (TPSA) is 38.9 Å². The Morgan fingerprint density at radius 1 is 0.400 bits per heavy atom. The number of para-hydroxylation sites is 1. The number of rotatable bonds is 3. The lowest BCUT2D eigenvalue weighted by atomic mass is 9.70. The van der Waals surface area contributed by atoms with Crippen molar-refractivity contribution < 1.29 is 4.42 Å². The molecule has 0 fully saturated rings. The van der Waals surface area contributed by atoms with Crippen molar-refractivity contribution in [1.82, 2.24) is 9.97 Å². The summed E-state index contributed by atoms with van der Waals surface area (Å²) in [6.45, 7) is 0. The van der Waals surface area contributed by atoms with Crippen molar-refractivity contribution >= 4 is 21.9 Å². The lowest BCUT2D eigenvalue weighted by Crippen LogP contribution is -2.25. The van der Waals surface area contributed by atoms with E-state index in [0.29, 0.717) is 5.82 Å². The summed E-state index contributed by atoms with van der Waals surface area (Å²) >= 11 is 0. The Morgan fingerprint density at radius 3 is 1.74 bits per heavy atom. The van der Waals surface area contributed by atoms with Gasteiger partial charge in [-0.2, -0.15) is 0 Å². The minimum absolute atomic E-state index is 0.527. The fourth-order valence-electron chi connectivity index (χ4n) is 8.63. The third-order valence-corrected chi connectivity index (χ3v) is 10.7. The van der Waals surface area contributed by atoms with Gasteiger partial charge in [0.1, 0.15) is 11.2 Å². The Hall–Kier alpha value is -6.58. The van der Waals surface area contributed by atoms with Gasteiger partial charge in [-0.05, 0) is 57.1 Å². The molecular weight excluding hydrogens is 609 g/mol. The molecule has 0 radical (unpaired) electrons. The van der Waals surface area contributed by atoms with E-state index in [-0.39, 0.29) is 0 Å². The first kappa shape index (κ1) is 27.4. The largest absolute Gasteiger partial charge is 0.455 e. The molecule has 1 spiro atoms. The van der Waals surface area contributed by atoms with Crippen LogP contribution in [0.2, 0.25) is 0 Å². The highest BCUT2D eigenvalue weighted by atomic mass is 16.3. The highest BCUT2D eigenvalue weighted by Crippen LogP contribution is 2.64. The molecule has 0 aliphatic heterocycles. The van der Waals surface area contributed by atoms with Gasteiger partial charge in [0.2, 0.25) is 0 Å². The zero-order chi connectivity index (χ0) is 32.8. The minimum atomic E-state index is -0.527. The van der Waals surface area contributed by atoms with Crippen LogP contribution >= 0.6 is 0 Å². The first-order valence-electron chi connectivity index (χ1n) is 17.1. The molecule has 3 nitrogen and oxygen atoms in total.